The third-order valence-electron chi connectivity index (χ3n) is 5.03. The van der Waals surface area contributed by atoms with Gasteiger partial charge in [-0.3, -0.25) is 0 Å². The first-order chi connectivity index (χ1) is 15.9. The van der Waals surface area contributed by atoms with Crippen LogP contribution in [0.3, 0.4) is 0 Å². The summed E-state index contributed by atoms with van der Waals surface area (Å²) in [6.45, 7) is 3.40. The van der Waals surface area contributed by atoms with E-state index >= 15 is 0 Å². The van der Waals surface area contributed by atoms with Gasteiger partial charge in [0, 0.05) is 6.07 Å². The number of alkyl halides is 4. The van der Waals surface area contributed by atoms with E-state index in [1.807, 2.05) is 0 Å². The molecule has 0 heterocycles. The molecule has 34 heavy (non-hydrogen) atoms. The maximum absolute atomic E-state index is 14.5. The minimum absolute atomic E-state index is 0.0364. The van der Waals surface area contributed by atoms with E-state index in [-0.39, 0.29) is 29.4 Å². The van der Waals surface area contributed by atoms with Gasteiger partial charge in [-0.05, 0) is 61.2 Å². The molecule has 0 saturated carbocycles. The second kappa shape index (κ2) is 9.97. The smallest absolute Gasteiger partial charge is 0.461 e. The van der Waals surface area contributed by atoms with E-state index in [9.17, 15) is 26.3 Å². The number of nitrogens with two attached hydrogens (primary N) is 1. The molecule has 0 bridgehead atoms. The summed E-state index contributed by atoms with van der Waals surface area (Å²) in [5.74, 6) is -2.61. The zero-order valence-electron chi connectivity index (χ0n) is 18.4. The molecular formula is C25H23F6NO2. The third kappa shape index (κ3) is 5.83. The minimum atomic E-state index is -4.84. The van der Waals surface area contributed by atoms with Gasteiger partial charge in [0.2, 0.25) is 0 Å². The second-order valence-corrected chi connectivity index (χ2v) is 8.09. The van der Waals surface area contributed by atoms with Gasteiger partial charge in [0.25, 0.3) is 0 Å². The van der Waals surface area contributed by atoms with Crippen molar-refractivity contribution in [2.75, 3.05) is 0 Å². The van der Waals surface area contributed by atoms with Crippen LogP contribution >= 0.6 is 0 Å². The van der Waals surface area contributed by atoms with E-state index < -0.39 is 35.5 Å². The first-order valence-electron chi connectivity index (χ1n) is 10.4. The van der Waals surface area contributed by atoms with Crippen molar-refractivity contribution in [2.45, 2.75) is 44.4 Å². The molecule has 1 unspecified atom stereocenters. The first kappa shape index (κ1) is 25.4. The molecule has 0 aliphatic rings. The molecule has 0 aliphatic carbocycles. The summed E-state index contributed by atoms with van der Waals surface area (Å²) in [6.07, 6.45) is -9.29. The Labute approximate surface area is 193 Å². The number of hydrogen-bond donors (Lipinski definition) is 1. The average molecular weight is 483 g/mol. The number of hydrogen-bond acceptors (Lipinski definition) is 3. The highest BCUT2D eigenvalue weighted by Gasteiger charge is 2.44. The molecule has 0 saturated heterocycles. The number of benzene rings is 3. The molecule has 9 heteroatoms. The lowest BCUT2D eigenvalue weighted by atomic mass is 9.78. The third-order valence-corrected chi connectivity index (χ3v) is 5.03. The summed E-state index contributed by atoms with van der Waals surface area (Å²) in [6, 6.07) is 15.1. The van der Waals surface area contributed by atoms with Gasteiger partial charge in [0.05, 0.1) is 11.6 Å². The van der Waals surface area contributed by atoms with Crippen molar-refractivity contribution < 1.29 is 35.8 Å². The highest BCUT2D eigenvalue weighted by Crippen LogP contribution is 2.37. The second-order valence-electron chi connectivity index (χ2n) is 8.09. The van der Waals surface area contributed by atoms with Gasteiger partial charge in [-0.15, -0.1) is 0 Å². The molecule has 182 valence electrons. The quantitative estimate of drug-likeness (QED) is 0.357. The topological polar surface area (TPSA) is 44.5 Å². The molecule has 1 atom stereocenters. The van der Waals surface area contributed by atoms with Crippen molar-refractivity contribution in [3.05, 3.63) is 95.1 Å². The molecule has 0 aliphatic heterocycles. The van der Waals surface area contributed by atoms with E-state index in [0.717, 1.165) is 18.2 Å². The Balaban J connectivity index is 2.16. The highest BCUT2D eigenvalue weighted by atomic mass is 19.3. The largest absolute Gasteiger partial charge is 0.488 e. The van der Waals surface area contributed by atoms with Crippen molar-refractivity contribution in [3.63, 3.8) is 0 Å². The van der Waals surface area contributed by atoms with E-state index in [1.165, 1.54) is 12.1 Å². The molecule has 2 N–H and O–H groups in total. The van der Waals surface area contributed by atoms with Crippen molar-refractivity contribution in [3.8, 4) is 11.5 Å². The Kier molecular flexibility index (Phi) is 7.45. The van der Waals surface area contributed by atoms with E-state index in [0.29, 0.717) is 11.6 Å². The van der Waals surface area contributed by atoms with Crippen molar-refractivity contribution in [1.29, 1.82) is 0 Å². The Morgan fingerprint density at radius 3 is 2.18 bits per heavy atom. The van der Waals surface area contributed by atoms with Crippen LogP contribution in [0.5, 0.6) is 11.5 Å². The van der Waals surface area contributed by atoms with Gasteiger partial charge in [0.15, 0.2) is 11.6 Å². The highest BCUT2D eigenvalue weighted by molar-refractivity contribution is 5.46. The van der Waals surface area contributed by atoms with Crippen LogP contribution in [-0.4, -0.2) is 18.6 Å². The fraction of sp³-hybridized carbons (Fsp3) is 0.280. The maximum Gasteiger partial charge on any atom is 0.461 e. The molecule has 0 fully saturated rings. The summed E-state index contributed by atoms with van der Waals surface area (Å²) < 4.78 is 90.6. The van der Waals surface area contributed by atoms with E-state index in [2.05, 4.69) is 4.74 Å². The number of rotatable bonds is 9. The van der Waals surface area contributed by atoms with Crippen LogP contribution in [0.25, 0.3) is 0 Å². The zero-order valence-corrected chi connectivity index (χ0v) is 18.4. The lowest BCUT2D eigenvalue weighted by molar-refractivity contribution is -0.253. The van der Waals surface area contributed by atoms with Gasteiger partial charge in [0.1, 0.15) is 11.6 Å². The Morgan fingerprint density at radius 2 is 1.56 bits per heavy atom. The molecule has 3 aromatic carbocycles. The minimum Gasteiger partial charge on any atom is -0.488 e. The molecule has 3 aromatic rings. The van der Waals surface area contributed by atoms with Crippen LogP contribution in [0.1, 0.15) is 30.5 Å². The van der Waals surface area contributed by atoms with Gasteiger partial charge in [-0.1, -0.05) is 36.4 Å². The fourth-order valence-corrected chi connectivity index (χ4v) is 3.49. The van der Waals surface area contributed by atoms with Crippen LogP contribution in [0.15, 0.2) is 66.7 Å². The number of ether oxygens (including phenoxy) is 2. The Hall–Kier alpha value is -3.20. The molecule has 3 rings (SSSR count). The number of halogens is 6. The van der Waals surface area contributed by atoms with Crippen LogP contribution in [0.4, 0.5) is 26.3 Å². The molecule has 0 amide bonds. The van der Waals surface area contributed by atoms with E-state index in [1.54, 1.807) is 44.2 Å². The van der Waals surface area contributed by atoms with Crippen LogP contribution in [-0.2, 0) is 12.0 Å². The molecule has 0 aromatic heterocycles. The molecular weight excluding hydrogens is 460 g/mol. The van der Waals surface area contributed by atoms with Crippen molar-refractivity contribution >= 4 is 0 Å². The summed E-state index contributed by atoms with van der Waals surface area (Å²) in [4.78, 5) is 0. The predicted molar refractivity (Wildman–Crippen MR) is 115 cm³/mol. The lowest BCUT2D eigenvalue weighted by Crippen LogP contribution is -2.41. The lowest BCUT2D eigenvalue weighted by Gasteiger charge is -2.32. The van der Waals surface area contributed by atoms with Crippen molar-refractivity contribution in [1.82, 2.24) is 0 Å². The van der Waals surface area contributed by atoms with Crippen molar-refractivity contribution in [2.24, 2.45) is 5.73 Å². The van der Waals surface area contributed by atoms with Gasteiger partial charge >= 0.3 is 12.5 Å². The summed E-state index contributed by atoms with van der Waals surface area (Å²) in [7, 11) is 0. The fourth-order valence-electron chi connectivity index (χ4n) is 3.49. The Morgan fingerprint density at radius 1 is 0.882 bits per heavy atom. The van der Waals surface area contributed by atoms with Gasteiger partial charge < -0.3 is 15.2 Å². The van der Waals surface area contributed by atoms with Crippen LogP contribution in [0.2, 0.25) is 0 Å². The monoisotopic (exact) mass is 483 g/mol. The SMILES string of the molecule is CC(C)Oc1cc(C(N)(Cc2ccccc2)c2cc(F)cc(OC(F)(F)C(F)F)c2)ccc1F. The van der Waals surface area contributed by atoms with Crippen LogP contribution < -0.4 is 15.2 Å². The van der Waals surface area contributed by atoms with Gasteiger partial charge in [-0.25, -0.2) is 8.78 Å². The maximum atomic E-state index is 14.5. The summed E-state index contributed by atoms with van der Waals surface area (Å²) in [5.41, 5.74) is 6.09. The molecule has 3 nitrogen and oxygen atoms in total. The van der Waals surface area contributed by atoms with E-state index in [4.69, 9.17) is 10.5 Å². The predicted octanol–water partition coefficient (Wildman–Crippen LogP) is 6.43. The van der Waals surface area contributed by atoms with Crippen LogP contribution in [0, 0.1) is 11.6 Å². The molecule has 0 spiro atoms. The molecule has 0 radical (unpaired) electrons. The zero-order chi connectivity index (χ0) is 25.1. The first-order valence-corrected chi connectivity index (χ1v) is 10.4. The summed E-state index contributed by atoms with van der Waals surface area (Å²) in [5, 5.41) is 0. The average Bonchev–Trinajstić information content (AvgIpc) is 2.74. The standard InChI is InChI=1S/C25H23F6NO2/c1-15(2)33-22-12-17(8-9-21(22)27)24(32,14-16-6-4-3-5-7-16)18-10-19(26)13-20(11-18)34-25(30,31)23(28)29/h3-13,15,23H,14,32H2,1-2H3. The van der Waals surface area contributed by atoms with Gasteiger partial charge in [-0.2, -0.15) is 17.6 Å². The summed E-state index contributed by atoms with van der Waals surface area (Å²) >= 11 is 0. The Bertz CT molecular complexity index is 1120. The normalized spacial score (nSPS) is 13.7.